The van der Waals surface area contributed by atoms with Gasteiger partial charge in [-0.2, -0.15) is 0 Å². The van der Waals surface area contributed by atoms with Crippen molar-refractivity contribution in [1.82, 2.24) is 4.98 Å². The number of benzene rings is 1. The van der Waals surface area contributed by atoms with Crippen LogP contribution >= 0.6 is 15.9 Å². The SMILES string of the molecule is Cc1c(C(=O)O)[nH]c2c(O)cc(Br)cc2c1=O. The minimum absolute atomic E-state index is 0.113. The van der Waals surface area contributed by atoms with Gasteiger partial charge in [0.05, 0.1) is 10.9 Å². The van der Waals surface area contributed by atoms with E-state index in [4.69, 9.17) is 5.11 Å². The van der Waals surface area contributed by atoms with E-state index in [-0.39, 0.29) is 27.9 Å². The van der Waals surface area contributed by atoms with Gasteiger partial charge in [0.1, 0.15) is 11.4 Å². The second-order valence-corrected chi connectivity index (χ2v) is 4.52. The average molecular weight is 298 g/mol. The summed E-state index contributed by atoms with van der Waals surface area (Å²) in [7, 11) is 0. The van der Waals surface area contributed by atoms with E-state index in [1.807, 2.05) is 0 Å². The van der Waals surface area contributed by atoms with Crippen molar-refractivity contribution < 1.29 is 15.0 Å². The van der Waals surface area contributed by atoms with E-state index in [1.54, 1.807) is 0 Å². The first-order valence-electron chi connectivity index (χ1n) is 4.70. The number of aromatic amines is 1. The fourth-order valence-corrected chi connectivity index (χ4v) is 2.10. The molecule has 0 spiro atoms. The van der Waals surface area contributed by atoms with Crippen LogP contribution in [0.5, 0.6) is 5.75 Å². The van der Waals surface area contributed by atoms with E-state index in [0.717, 1.165) is 0 Å². The van der Waals surface area contributed by atoms with Gasteiger partial charge >= 0.3 is 5.97 Å². The predicted octanol–water partition coefficient (Wildman–Crippen LogP) is 2.00. The number of rotatable bonds is 1. The molecule has 0 saturated carbocycles. The van der Waals surface area contributed by atoms with Gasteiger partial charge in [-0.1, -0.05) is 15.9 Å². The van der Waals surface area contributed by atoms with Crippen molar-refractivity contribution in [2.75, 3.05) is 0 Å². The van der Waals surface area contributed by atoms with E-state index in [0.29, 0.717) is 4.47 Å². The largest absolute Gasteiger partial charge is 0.506 e. The molecule has 1 heterocycles. The molecule has 0 aliphatic heterocycles. The molecule has 17 heavy (non-hydrogen) atoms. The Balaban J connectivity index is 3.01. The fourth-order valence-electron chi connectivity index (χ4n) is 1.65. The number of fused-ring (bicyclic) bond motifs is 1. The van der Waals surface area contributed by atoms with Crippen LogP contribution in [0, 0.1) is 6.92 Å². The molecule has 6 heteroatoms. The van der Waals surface area contributed by atoms with E-state index < -0.39 is 11.4 Å². The number of aromatic carboxylic acids is 1. The summed E-state index contributed by atoms with van der Waals surface area (Å²) in [5.74, 6) is -1.40. The van der Waals surface area contributed by atoms with Crippen LogP contribution in [0.2, 0.25) is 0 Å². The molecule has 5 nitrogen and oxygen atoms in total. The van der Waals surface area contributed by atoms with E-state index in [1.165, 1.54) is 19.1 Å². The smallest absolute Gasteiger partial charge is 0.352 e. The number of phenols is 1. The first kappa shape index (κ1) is 11.7. The highest BCUT2D eigenvalue weighted by atomic mass is 79.9. The lowest BCUT2D eigenvalue weighted by atomic mass is 10.1. The Hall–Kier alpha value is -1.82. The third-order valence-electron chi connectivity index (χ3n) is 2.51. The first-order valence-corrected chi connectivity index (χ1v) is 5.49. The molecule has 2 aromatic rings. The quantitative estimate of drug-likeness (QED) is 0.751. The molecule has 0 aliphatic rings. The van der Waals surface area contributed by atoms with Crippen LogP contribution in [0.1, 0.15) is 16.1 Å². The zero-order valence-corrected chi connectivity index (χ0v) is 10.3. The Morgan fingerprint density at radius 2 is 2.06 bits per heavy atom. The zero-order valence-electron chi connectivity index (χ0n) is 8.74. The molecule has 0 unspecified atom stereocenters. The molecule has 0 saturated heterocycles. The van der Waals surface area contributed by atoms with Crippen LogP contribution in [0.15, 0.2) is 21.4 Å². The summed E-state index contributed by atoms with van der Waals surface area (Å²) in [6.45, 7) is 1.43. The summed E-state index contributed by atoms with van der Waals surface area (Å²) in [5.41, 5.74) is -0.378. The third-order valence-corrected chi connectivity index (χ3v) is 2.96. The van der Waals surface area contributed by atoms with Crippen molar-refractivity contribution in [3.63, 3.8) is 0 Å². The standard InChI is InChI=1S/C11H8BrNO4/c1-4-8(11(16)17)13-9-6(10(4)15)2-5(12)3-7(9)14/h2-3,14H,1H3,(H,13,15)(H,16,17). The summed E-state index contributed by atoms with van der Waals surface area (Å²) < 4.78 is 0.551. The minimum Gasteiger partial charge on any atom is -0.506 e. The van der Waals surface area contributed by atoms with Crippen molar-refractivity contribution in [2.24, 2.45) is 0 Å². The monoisotopic (exact) mass is 297 g/mol. The molecule has 1 aromatic heterocycles. The maximum Gasteiger partial charge on any atom is 0.352 e. The van der Waals surface area contributed by atoms with Gasteiger partial charge in [-0.05, 0) is 19.1 Å². The van der Waals surface area contributed by atoms with Gasteiger partial charge in [0.25, 0.3) is 0 Å². The summed E-state index contributed by atoms with van der Waals surface area (Å²) in [4.78, 5) is 25.4. The molecule has 2 rings (SSSR count). The molecule has 0 radical (unpaired) electrons. The summed E-state index contributed by atoms with van der Waals surface area (Å²) in [5, 5.41) is 18.9. The van der Waals surface area contributed by atoms with Crippen LogP contribution in [-0.2, 0) is 0 Å². The van der Waals surface area contributed by atoms with Crippen LogP contribution in [0.4, 0.5) is 0 Å². The molecule has 0 atom stereocenters. The highest BCUT2D eigenvalue weighted by molar-refractivity contribution is 9.10. The van der Waals surface area contributed by atoms with E-state index in [2.05, 4.69) is 20.9 Å². The number of aromatic hydroxyl groups is 1. The Labute approximate surface area is 104 Å². The van der Waals surface area contributed by atoms with Gasteiger partial charge in [-0.3, -0.25) is 4.79 Å². The molecule has 0 bridgehead atoms. The highest BCUT2D eigenvalue weighted by Crippen LogP contribution is 2.26. The van der Waals surface area contributed by atoms with Gasteiger partial charge in [-0.25, -0.2) is 4.79 Å². The predicted molar refractivity (Wildman–Crippen MR) is 65.6 cm³/mol. The van der Waals surface area contributed by atoms with Crippen molar-refractivity contribution >= 4 is 32.8 Å². The normalized spacial score (nSPS) is 10.7. The van der Waals surface area contributed by atoms with Crippen molar-refractivity contribution in [3.05, 3.63) is 38.1 Å². The van der Waals surface area contributed by atoms with Gasteiger partial charge in [0.2, 0.25) is 0 Å². The number of phenolic OH excluding ortho intramolecular Hbond substituents is 1. The molecular weight excluding hydrogens is 290 g/mol. The number of hydrogen-bond donors (Lipinski definition) is 3. The lowest BCUT2D eigenvalue weighted by molar-refractivity contribution is 0.0690. The average Bonchev–Trinajstić information content (AvgIpc) is 2.23. The Morgan fingerprint density at radius 1 is 1.41 bits per heavy atom. The topological polar surface area (TPSA) is 90.4 Å². The van der Waals surface area contributed by atoms with Crippen molar-refractivity contribution in [2.45, 2.75) is 6.92 Å². The Morgan fingerprint density at radius 3 is 2.65 bits per heavy atom. The number of H-pyrrole nitrogens is 1. The van der Waals surface area contributed by atoms with Gasteiger partial charge in [-0.15, -0.1) is 0 Å². The van der Waals surface area contributed by atoms with Crippen molar-refractivity contribution in [3.8, 4) is 5.75 Å². The molecule has 0 fully saturated rings. The van der Waals surface area contributed by atoms with Crippen molar-refractivity contribution in [1.29, 1.82) is 0 Å². The summed E-state index contributed by atoms with van der Waals surface area (Å²) >= 11 is 3.16. The van der Waals surface area contributed by atoms with Gasteiger partial charge in [0.15, 0.2) is 5.43 Å². The number of carboxylic acids is 1. The van der Waals surface area contributed by atoms with Gasteiger partial charge in [0, 0.05) is 10.0 Å². The van der Waals surface area contributed by atoms with Crippen LogP contribution in [0.25, 0.3) is 10.9 Å². The van der Waals surface area contributed by atoms with E-state index in [9.17, 15) is 14.7 Å². The molecule has 1 aromatic carbocycles. The molecule has 3 N–H and O–H groups in total. The number of hydrogen-bond acceptors (Lipinski definition) is 3. The highest BCUT2D eigenvalue weighted by Gasteiger charge is 2.15. The fraction of sp³-hybridized carbons (Fsp3) is 0.0909. The third kappa shape index (κ3) is 1.80. The second-order valence-electron chi connectivity index (χ2n) is 3.61. The molecule has 0 amide bonds. The maximum absolute atomic E-state index is 11.9. The number of pyridine rings is 1. The van der Waals surface area contributed by atoms with Gasteiger partial charge < -0.3 is 15.2 Å². The first-order chi connectivity index (χ1) is 7.91. The number of aromatic nitrogens is 1. The number of halogens is 1. The van der Waals surface area contributed by atoms with Crippen LogP contribution < -0.4 is 5.43 Å². The zero-order chi connectivity index (χ0) is 12.7. The maximum atomic E-state index is 11.9. The molecular formula is C11H8BrNO4. The number of nitrogens with one attached hydrogen (secondary N) is 1. The number of carbonyl (C=O) groups is 1. The summed E-state index contributed by atoms with van der Waals surface area (Å²) in [6, 6.07) is 2.92. The lowest BCUT2D eigenvalue weighted by Gasteiger charge is -2.06. The van der Waals surface area contributed by atoms with Crippen LogP contribution in [-0.4, -0.2) is 21.2 Å². The second kappa shape index (κ2) is 3.89. The number of carboxylic acid groups (broad SMARTS) is 1. The Bertz CT molecular complexity index is 690. The molecule has 88 valence electrons. The lowest BCUT2D eigenvalue weighted by Crippen LogP contribution is -2.15. The summed E-state index contributed by atoms with van der Waals surface area (Å²) in [6.07, 6.45) is 0. The Kier molecular flexibility index (Phi) is 2.66. The van der Waals surface area contributed by atoms with E-state index >= 15 is 0 Å². The molecule has 0 aliphatic carbocycles. The van der Waals surface area contributed by atoms with Crippen LogP contribution in [0.3, 0.4) is 0 Å². The minimum atomic E-state index is -1.23.